The number of ether oxygens (including phenoxy) is 2. The lowest BCUT2D eigenvalue weighted by atomic mass is 10.0. The Morgan fingerprint density at radius 3 is 2.45 bits per heavy atom. The first-order valence-electron chi connectivity index (χ1n) is 11.8. The number of benzene rings is 1. The third-order valence-electron chi connectivity index (χ3n) is 5.30. The van der Waals surface area contributed by atoms with Crippen molar-refractivity contribution in [2.45, 2.75) is 84.6 Å². The van der Waals surface area contributed by atoms with Crippen LogP contribution in [0.4, 0.5) is 9.59 Å². The van der Waals surface area contributed by atoms with Gasteiger partial charge in [0, 0.05) is 13.1 Å². The topological polar surface area (TPSA) is 97.0 Å². The zero-order chi connectivity index (χ0) is 24.4. The van der Waals surface area contributed by atoms with Gasteiger partial charge in [-0.2, -0.15) is 0 Å². The van der Waals surface area contributed by atoms with Gasteiger partial charge in [0.2, 0.25) is 5.91 Å². The molecule has 0 bridgehead atoms. The highest BCUT2D eigenvalue weighted by molar-refractivity contribution is 5.85. The van der Waals surface area contributed by atoms with Gasteiger partial charge in [-0.25, -0.2) is 9.59 Å². The van der Waals surface area contributed by atoms with E-state index in [1.54, 1.807) is 4.90 Å². The highest BCUT2D eigenvalue weighted by Gasteiger charge is 2.31. The Morgan fingerprint density at radius 1 is 1.12 bits per heavy atom. The Labute approximate surface area is 197 Å². The average Bonchev–Trinajstić information content (AvgIpc) is 2.75. The maximum absolute atomic E-state index is 12.9. The fourth-order valence-corrected chi connectivity index (χ4v) is 3.73. The molecule has 0 radical (unpaired) electrons. The molecule has 1 saturated heterocycles. The van der Waals surface area contributed by atoms with E-state index in [-0.39, 0.29) is 30.6 Å². The molecule has 1 aromatic carbocycles. The van der Waals surface area contributed by atoms with Gasteiger partial charge in [-0.3, -0.25) is 4.79 Å². The first kappa shape index (κ1) is 26.5. The third-order valence-corrected chi connectivity index (χ3v) is 5.30. The summed E-state index contributed by atoms with van der Waals surface area (Å²) in [7, 11) is 0. The van der Waals surface area contributed by atoms with E-state index >= 15 is 0 Å². The number of alkyl carbamates (subject to hydrolysis) is 1. The summed E-state index contributed by atoms with van der Waals surface area (Å²) in [6, 6.07) is 8.52. The number of likely N-dealkylation sites (tertiary alicyclic amines) is 1. The van der Waals surface area contributed by atoms with Crippen LogP contribution in [0.25, 0.3) is 0 Å². The van der Waals surface area contributed by atoms with Gasteiger partial charge in [0.05, 0.1) is 6.04 Å². The zero-order valence-corrected chi connectivity index (χ0v) is 20.6. The van der Waals surface area contributed by atoms with Crippen molar-refractivity contribution in [1.82, 2.24) is 15.5 Å². The molecule has 33 heavy (non-hydrogen) atoms. The molecule has 1 fully saturated rings. The summed E-state index contributed by atoms with van der Waals surface area (Å²) in [5, 5.41) is 5.62. The van der Waals surface area contributed by atoms with Crippen molar-refractivity contribution in [2.24, 2.45) is 5.92 Å². The van der Waals surface area contributed by atoms with Crippen LogP contribution in [0.2, 0.25) is 0 Å². The van der Waals surface area contributed by atoms with Crippen LogP contribution < -0.4 is 10.6 Å². The molecule has 8 heteroatoms. The van der Waals surface area contributed by atoms with Crippen molar-refractivity contribution in [3.05, 3.63) is 35.9 Å². The van der Waals surface area contributed by atoms with E-state index in [9.17, 15) is 14.4 Å². The van der Waals surface area contributed by atoms with Crippen LogP contribution >= 0.6 is 0 Å². The Balaban J connectivity index is 1.92. The van der Waals surface area contributed by atoms with Crippen molar-refractivity contribution in [3.8, 4) is 0 Å². The number of piperidine rings is 1. The van der Waals surface area contributed by atoms with Gasteiger partial charge in [0.1, 0.15) is 18.2 Å². The Bertz CT molecular complexity index is 776. The maximum Gasteiger partial charge on any atom is 0.410 e. The van der Waals surface area contributed by atoms with E-state index in [0.717, 1.165) is 24.8 Å². The largest absolute Gasteiger partial charge is 0.445 e. The van der Waals surface area contributed by atoms with Crippen molar-refractivity contribution < 1.29 is 23.9 Å². The molecule has 0 saturated carbocycles. The molecular weight excluding hydrogens is 422 g/mol. The molecule has 3 amide bonds. The number of amides is 3. The van der Waals surface area contributed by atoms with Gasteiger partial charge in [-0.1, -0.05) is 44.2 Å². The van der Waals surface area contributed by atoms with Gasteiger partial charge in [0.25, 0.3) is 0 Å². The molecule has 0 aliphatic carbocycles. The summed E-state index contributed by atoms with van der Waals surface area (Å²) in [5.74, 6) is -0.0850. The lowest BCUT2D eigenvalue weighted by molar-refractivity contribution is -0.123. The maximum atomic E-state index is 12.9. The summed E-state index contributed by atoms with van der Waals surface area (Å²) in [6.45, 7) is 10.5. The predicted octanol–water partition coefficient (Wildman–Crippen LogP) is 4.23. The molecule has 1 aliphatic heterocycles. The number of carbonyl (C=O) groups is 3. The minimum atomic E-state index is -0.716. The minimum Gasteiger partial charge on any atom is -0.445 e. The number of nitrogens with one attached hydrogen (secondary N) is 2. The first-order chi connectivity index (χ1) is 15.5. The van der Waals surface area contributed by atoms with Gasteiger partial charge >= 0.3 is 12.2 Å². The van der Waals surface area contributed by atoms with Crippen LogP contribution in [0.1, 0.15) is 65.9 Å². The van der Waals surface area contributed by atoms with Gasteiger partial charge < -0.3 is 25.0 Å². The Hall–Kier alpha value is -2.77. The van der Waals surface area contributed by atoms with E-state index in [2.05, 4.69) is 10.6 Å². The second-order valence-electron chi connectivity index (χ2n) is 9.96. The SMILES string of the molecule is CC(C)CC(NC(=O)OCc1ccccc1)C(=O)NCC1CCCCN1C(=O)OC(C)(C)C. The van der Waals surface area contributed by atoms with Gasteiger partial charge in [-0.05, 0) is 57.9 Å². The standard InChI is InChI=1S/C25H39N3O5/c1-18(2)15-21(27-23(30)32-17-19-11-7-6-8-12-19)22(29)26-16-20-13-9-10-14-28(20)24(31)33-25(3,4)5/h6-8,11-12,18,20-21H,9-10,13-17H2,1-5H3,(H,26,29)(H,27,30). The van der Waals surface area contributed by atoms with E-state index in [0.29, 0.717) is 19.5 Å². The van der Waals surface area contributed by atoms with Crippen LogP contribution in [0.3, 0.4) is 0 Å². The van der Waals surface area contributed by atoms with E-state index in [1.165, 1.54) is 0 Å². The van der Waals surface area contributed by atoms with Crippen molar-refractivity contribution in [3.63, 3.8) is 0 Å². The Morgan fingerprint density at radius 2 is 1.82 bits per heavy atom. The molecule has 1 heterocycles. The van der Waals surface area contributed by atoms with E-state index in [1.807, 2.05) is 65.0 Å². The van der Waals surface area contributed by atoms with Crippen molar-refractivity contribution in [2.75, 3.05) is 13.1 Å². The number of nitrogens with zero attached hydrogens (tertiary/aromatic N) is 1. The molecule has 1 aliphatic rings. The summed E-state index contributed by atoms with van der Waals surface area (Å²) in [5.41, 5.74) is 0.298. The van der Waals surface area contributed by atoms with Crippen LogP contribution in [-0.4, -0.2) is 53.8 Å². The smallest absolute Gasteiger partial charge is 0.410 e. The van der Waals surface area contributed by atoms with Crippen LogP contribution in [0.5, 0.6) is 0 Å². The third kappa shape index (κ3) is 9.72. The number of carbonyl (C=O) groups excluding carboxylic acids is 3. The highest BCUT2D eigenvalue weighted by Crippen LogP contribution is 2.20. The molecule has 2 N–H and O–H groups in total. The highest BCUT2D eigenvalue weighted by atomic mass is 16.6. The minimum absolute atomic E-state index is 0.135. The number of rotatable bonds is 8. The first-order valence-corrected chi connectivity index (χ1v) is 11.8. The molecule has 184 valence electrons. The number of hydrogen-bond donors (Lipinski definition) is 2. The lowest BCUT2D eigenvalue weighted by Crippen LogP contribution is -2.54. The summed E-state index contributed by atoms with van der Waals surface area (Å²) in [4.78, 5) is 39.5. The predicted molar refractivity (Wildman–Crippen MR) is 127 cm³/mol. The van der Waals surface area contributed by atoms with Crippen LogP contribution in [0.15, 0.2) is 30.3 Å². The quantitative estimate of drug-likeness (QED) is 0.604. The van der Waals surface area contributed by atoms with Crippen LogP contribution in [-0.2, 0) is 20.9 Å². The summed E-state index contributed by atoms with van der Waals surface area (Å²) in [6.07, 6.45) is 2.18. The molecule has 8 nitrogen and oxygen atoms in total. The second-order valence-corrected chi connectivity index (χ2v) is 9.96. The van der Waals surface area contributed by atoms with Crippen molar-refractivity contribution in [1.29, 1.82) is 0 Å². The van der Waals surface area contributed by atoms with Gasteiger partial charge in [-0.15, -0.1) is 0 Å². The zero-order valence-electron chi connectivity index (χ0n) is 20.6. The molecular formula is C25H39N3O5. The molecule has 0 aromatic heterocycles. The fraction of sp³-hybridized carbons (Fsp3) is 0.640. The fourth-order valence-electron chi connectivity index (χ4n) is 3.73. The van der Waals surface area contributed by atoms with Crippen molar-refractivity contribution >= 4 is 18.1 Å². The average molecular weight is 462 g/mol. The monoisotopic (exact) mass is 461 g/mol. The second kappa shape index (κ2) is 12.5. The summed E-state index contributed by atoms with van der Waals surface area (Å²) >= 11 is 0. The molecule has 1 aromatic rings. The van der Waals surface area contributed by atoms with E-state index in [4.69, 9.17) is 9.47 Å². The molecule has 2 rings (SSSR count). The molecule has 2 unspecified atom stereocenters. The number of hydrogen-bond acceptors (Lipinski definition) is 5. The van der Waals surface area contributed by atoms with Gasteiger partial charge in [0.15, 0.2) is 0 Å². The lowest BCUT2D eigenvalue weighted by Gasteiger charge is -2.37. The van der Waals surface area contributed by atoms with Crippen LogP contribution in [0, 0.1) is 5.92 Å². The molecule has 0 spiro atoms. The Kier molecular flexibility index (Phi) is 10.0. The molecule has 2 atom stereocenters. The van der Waals surface area contributed by atoms with E-state index < -0.39 is 17.7 Å². The normalized spacial score (nSPS) is 17.3. The summed E-state index contributed by atoms with van der Waals surface area (Å²) < 4.78 is 10.8.